The van der Waals surface area contributed by atoms with Gasteiger partial charge in [-0.05, 0) is 55.3 Å². The molecule has 1 aromatic carbocycles. The first-order valence-electron chi connectivity index (χ1n) is 9.90. The van der Waals surface area contributed by atoms with Crippen molar-refractivity contribution in [2.45, 2.75) is 38.3 Å². The van der Waals surface area contributed by atoms with Gasteiger partial charge in [0, 0.05) is 31.3 Å². The average molecular weight is 379 g/mol. The van der Waals surface area contributed by atoms with Gasteiger partial charge in [0.05, 0.1) is 6.26 Å². The van der Waals surface area contributed by atoms with Gasteiger partial charge in [0.25, 0.3) is 5.91 Å². The van der Waals surface area contributed by atoms with Crippen molar-refractivity contribution < 1.29 is 14.0 Å². The molecule has 3 aromatic rings. The smallest absolute Gasteiger partial charge is 0.290 e. The number of piperidine rings is 1. The molecule has 0 bridgehead atoms. The number of nitrogens with zero attached hydrogens (tertiary/aromatic N) is 2. The number of carbonyl (C=O) groups excluding carboxylic acids is 2. The SMILES string of the molecule is O=C(NCCCn1ccc2ccccc21)C1CCCCN1C(=O)c1ccco1. The maximum atomic E-state index is 12.7. The van der Waals surface area contributed by atoms with Gasteiger partial charge in [-0.15, -0.1) is 0 Å². The molecule has 1 atom stereocenters. The molecule has 1 aliphatic rings. The highest BCUT2D eigenvalue weighted by Gasteiger charge is 2.33. The van der Waals surface area contributed by atoms with E-state index in [9.17, 15) is 9.59 Å². The predicted octanol–water partition coefficient (Wildman–Crippen LogP) is 3.44. The number of carbonyl (C=O) groups is 2. The van der Waals surface area contributed by atoms with Gasteiger partial charge >= 0.3 is 0 Å². The van der Waals surface area contributed by atoms with Gasteiger partial charge in [0.1, 0.15) is 6.04 Å². The van der Waals surface area contributed by atoms with E-state index in [0.717, 1.165) is 25.8 Å². The standard InChI is InChI=1S/C22H25N3O3/c26-21(19-9-3-4-14-25(19)22(27)20-10-5-16-28-20)23-12-6-13-24-15-11-17-7-1-2-8-18(17)24/h1-2,5,7-8,10-11,15-16,19H,3-4,6,9,12-14H2,(H,23,26). The van der Waals surface area contributed by atoms with Crippen LogP contribution in [0.25, 0.3) is 10.9 Å². The summed E-state index contributed by atoms with van der Waals surface area (Å²) in [4.78, 5) is 27.0. The lowest BCUT2D eigenvalue weighted by atomic mass is 10.0. The van der Waals surface area contributed by atoms with Crippen LogP contribution in [-0.4, -0.2) is 40.4 Å². The lowest BCUT2D eigenvalue weighted by molar-refractivity contribution is -0.126. The summed E-state index contributed by atoms with van der Waals surface area (Å²) >= 11 is 0. The molecule has 2 aromatic heterocycles. The second kappa shape index (κ2) is 8.33. The Morgan fingerprint density at radius 3 is 2.86 bits per heavy atom. The van der Waals surface area contributed by atoms with Crippen LogP contribution in [0, 0.1) is 0 Å². The molecule has 0 spiro atoms. The zero-order valence-electron chi connectivity index (χ0n) is 15.8. The Hall–Kier alpha value is -3.02. The number of hydrogen-bond donors (Lipinski definition) is 1. The first-order valence-corrected chi connectivity index (χ1v) is 9.90. The van der Waals surface area contributed by atoms with E-state index in [0.29, 0.717) is 25.3 Å². The number of para-hydroxylation sites is 1. The lowest BCUT2D eigenvalue weighted by Crippen LogP contribution is -2.52. The molecule has 3 heterocycles. The maximum Gasteiger partial charge on any atom is 0.290 e. The van der Waals surface area contributed by atoms with Crippen LogP contribution < -0.4 is 5.32 Å². The van der Waals surface area contributed by atoms with Crippen molar-refractivity contribution in [2.75, 3.05) is 13.1 Å². The molecule has 0 saturated carbocycles. The number of furan rings is 1. The summed E-state index contributed by atoms with van der Waals surface area (Å²) in [6.07, 6.45) is 6.96. The van der Waals surface area contributed by atoms with Crippen LogP contribution in [-0.2, 0) is 11.3 Å². The summed E-state index contributed by atoms with van der Waals surface area (Å²) in [6.45, 7) is 2.02. The fourth-order valence-electron chi connectivity index (χ4n) is 3.90. The van der Waals surface area contributed by atoms with Crippen LogP contribution in [0.3, 0.4) is 0 Å². The highest BCUT2D eigenvalue weighted by Crippen LogP contribution is 2.20. The van der Waals surface area contributed by atoms with Gasteiger partial charge in [-0.2, -0.15) is 0 Å². The number of benzene rings is 1. The van der Waals surface area contributed by atoms with Crippen LogP contribution in [0.4, 0.5) is 0 Å². The first kappa shape index (κ1) is 18.3. The van der Waals surface area contributed by atoms with Gasteiger partial charge in [-0.1, -0.05) is 18.2 Å². The molecule has 1 saturated heterocycles. The number of likely N-dealkylation sites (tertiary alicyclic amines) is 1. The van der Waals surface area contributed by atoms with Crippen molar-refractivity contribution in [3.63, 3.8) is 0 Å². The molecule has 4 rings (SSSR count). The fourth-order valence-corrected chi connectivity index (χ4v) is 3.90. The van der Waals surface area contributed by atoms with Crippen LogP contribution in [0.1, 0.15) is 36.2 Å². The summed E-state index contributed by atoms with van der Waals surface area (Å²) in [7, 11) is 0. The molecule has 146 valence electrons. The topological polar surface area (TPSA) is 67.5 Å². The highest BCUT2D eigenvalue weighted by atomic mass is 16.3. The minimum Gasteiger partial charge on any atom is -0.459 e. The van der Waals surface area contributed by atoms with E-state index < -0.39 is 6.04 Å². The number of rotatable bonds is 6. The van der Waals surface area contributed by atoms with Gasteiger partial charge in [0.2, 0.25) is 5.91 Å². The highest BCUT2D eigenvalue weighted by molar-refractivity contribution is 5.95. The van der Waals surface area contributed by atoms with E-state index in [1.165, 1.54) is 17.2 Å². The Labute approximate surface area is 164 Å². The van der Waals surface area contributed by atoms with Gasteiger partial charge < -0.3 is 19.2 Å². The van der Waals surface area contributed by atoms with Gasteiger partial charge in [0.15, 0.2) is 5.76 Å². The molecule has 1 aliphatic heterocycles. The molecule has 6 heteroatoms. The van der Waals surface area contributed by atoms with E-state index in [4.69, 9.17) is 4.42 Å². The maximum absolute atomic E-state index is 12.7. The summed E-state index contributed by atoms with van der Waals surface area (Å²) < 4.78 is 7.43. The summed E-state index contributed by atoms with van der Waals surface area (Å²) in [5.41, 5.74) is 1.20. The zero-order valence-corrected chi connectivity index (χ0v) is 15.8. The molecule has 0 radical (unpaired) electrons. The number of amides is 2. The Kier molecular flexibility index (Phi) is 5.46. The van der Waals surface area contributed by atoms with Crippen molar-refractivity contribution in [1.29, 1.82) is 0 Å². The summed E-state index contributed by atoms with van der Waals surface area (Å²) in [5.74, 6) is 0.0137. The number of hydrogen-bond acceptors (Lipinski definition) is 3. The molecule has 1 unspecified atom stereocenters. The first-order chi connectivity index (χ1) is 13.7. The largest absolute Gasteiger partial charge is 0.459 e. The van der Waals surface area contributed by atoms with Gasteiger partial charge in [-0.3, -0.25) is 9.59 Å². The Balaban J connectivity index is 1.31. The second-order valence-electron chi connectivity index (χ2n) is 7.20. The van der Waals surface area contributed by atoms with Crippen molar-refractivity contribution in [3.05, 3.63) is 60.7 Å². The summed E-state index contributed by atoms with van der Waals surface area (Å²) in [6, 6.07) is 13.3. The normalized spacial score (nSPS) is 17.0. The van der Waals surface area contributed by atoms with E-state index in [1.807, 2.05) is 12.1 Å². The molecule has 6 nitrogen and oxygen atoms in total. The van der Waals surface area contributed by atoms with Crippen LogP contribution >= 0.6 is 0 Å². The summed E-state index contributed by atoms with van der Waals surface area (Å²) in [5, 5.41) is 4.24. The van der Waals surface area contributed by atoms with E-state index in [2.05, 4.69) is 34.3 Å². The number of aromatic nitrogens is 1. The van der Waals surface area contributed by atoms with Crippen molar-refractivity contribution in [2.24, 2.45) is 0 Å². The minimum atomic E-state index is -0.418. The van der Waals surface area contributed by atoms with Crippen LogP contribution in [0.2, 0.25) is 0 Å². The molecular weight excluding hydrogens is 354 g/mol. The second-order valence-corrected chi connectivity index (χ2v) is 7.20. The molecule has 1 fully saturated rings. The lowest BCUT2D eigenvalue weighted by Gasteiger charge is -2.34. The third kappa shape index (κ3) is 3.81. The number of nitrogens with one attached hydrogen (secondary N) is 1. The Morgan fingerprint density at radius 1 is 1.11 bits per heavy atom. The van der Waals surface area contributed by atoms with Crippen molar-refractivity contribution in [1.82, 2.24) is 14.8 Å². The predicted molar refractivity (Wildman–Crippen MR) is 107 cm³/mol. The number of fused-ring (bicyclic) bond motifs is 1. The molecule has 28 heavy (non-hydrogen) atoms. The Morgan fingerprint density at radius 2 is 2.00 bits per heavy atom. The quantitative estimate of drug-likeness (QED) is 0.667. The molecular formula is C22H25N3O3. The zero-order chi connectivity index (χ0) is 19.3. The third-order valence-corrected chi connectivity index (χ3v) is 5.35. The van der Waals surface area contributed by atoms with Gasteiger partial charge in [-0.25, -0.2) is 0 Å². The van der Waals surface area contributed by atoms with Crippen LogP contribution in [0.5, 0.6) is 0 Å². The molecule has 1 N–H and O–H groups in total. The minimum absolute atomic E-state index is 0.0722. The van der Waals surface area contributed by atoms with Crippen molar-refractivity contribution >= 4 is 22.7 Å². The van der Waals surface area contributed by atoms with Crippen LogP contribution in [0.15, 0.2) is 59.3 Å². The Bertz CT molecular complexity index is 945. The van der Waals surface area contributed by atoms with E-state index in [-0.39, 0.29) is 11.8 Å². The molecule has 0 aliphatic carbocycles. The van der Waals surface area contributed by atoms with E-state index in [1.54, 1.807) is 17.0 Å². The average Bonchev–Trinajstić information content (AvgIpc) is 3.41. The third-order valence-electron chi connectivity index (χ3n) is 5.35. The van der Waals surface area contributed by atoms with Crippen molar-refractivity contribution in [3.8, 4) is 0 Å². The molecule has 2 amide bonds. The monoisotopic (exact) mass is 379 g/mol. The van der Waals surface area contributed by atoms with E-state index >= 15 is 0 Å². The number of aryl methyl sites for hydroxylation is 1. The fraction of sp³-hybridized carbons (Fsp3) is 0.364.